The zero-order valence-electron chi connectivity index (χ0n) is 16.5. The maximum Gasteiger partial charge on any atom is 0.469 e. The molecule has 0 aromatic carbocycles. The van der Waals surface area contributed by atoms with Gasteiger partial charge in [-0.25, -0.2) is 4.57 Å². The fourth-order valence-corrected chi connectivity index (χ4v) is 2.10. The van der Waals surface area contributed by atoms with Crippen molar-refractivity contribution >= 4 is 7.82 Å². The molecule has 0 aliphatic heterocycles. The number of rotatable bonds is 17. The van der Waals surface area contributed by atoms with Gasteiger partial charge in [-0.15, -0.1) is 0 Å². The lowest BCUT2D eigenvalue weighted by Gasteiger charge is -2.18. The summed E-state index contributed by atoms with van der Waals surface area (Å²) < 4.78 is 25.6. The first-order valence-electron chi connectivity index (χ1n) is 9.32. The van der Waals surface area contributed by atoms with E-state index in [4.69, 9.17) is 34.6 Å². The van der Waals surface area contributed by atoms with Gasteiger partial charge in [0.15, 0.2) is 6.29 Å². The molecule has 0 atom stereocenters. The summed E-state index contributed by atoms with van der Waals surface area (Å²) in [7, 11) is -4.46. The van der Waals surface area contributed by atoms with Gasteiger partial charge in [-0.1, -0.05) is 26.7 Å². The third-order valence-corrected chi connectivity index (χ3v) is 3.72. The van der Waals surface area contributed by atoms with Crippen molar-refractivity contribution in [1.82, 2.24) is 4.90 Å². The Bertz CT molecular complexity index is 320. The maximum atomic E-state index is 10.6. The Balaban J connectivity index is 0. The molecule has 0 radical (unpaired) electrons. The van der Waals surface area contributed by atoms with E-state index < -0.39 is 14.1 Å². The summed E-state index contributed by atoms with van der Waals surface area (Å²) in [5, 5.41) is 25.5. The minimum absolute atomic E-state index is 0.0694. The molecular weight excluding hydrogens is 381 g/mol. The highest BCUT2D eigenvalue weighted by atomic mass is 31.2. The van der Waals surface area contributed by atoms with Crippen LogP contribution in [0.15, 0.2) is 0 Å². The van der Waals surface area contributed by atoms with Crippen molar-refractivity contribution in [3.63, 3.8) is 0 Å². The van der Waals surface area contributed by atoms with E-state index in [1.54, 1.807) is 4.90 Å². The number of nitrogens with zero attached hydrogens (tertiary/aromatic N) is 1. The van der Waals surface area contributed by atoms with Crippen LogP contribution in [0.4, 0.5) is 0 Å². The smallest absolute Gasteiger partial charge is 0.395 e. The average molecular weight is 419 g/mol. The zero-order valence-corrected chi connectivity index (χ0v) is 17.4. The van der Waals surface area contributed by atoms with E-state index in [2.05, 4.69) is 4.52 Å². The number of hydrogen-bond donors (Lipinski definition) is 5. The van der Waals surface area contributed by atoms with Crippen molar-refractivity contribution in [3.05, 3.63) is 0 Å². The van der Waals surface area contributed by atoms with E-state index in [1.165, 1.54) is 0 Å². The molecule has 0 aromatic heterocycles. The van der Waals surface area contributed by atoms with Crippen LogP contribution in [0.3, 0.4) is 0 Å². The van der Waals surface area contributed by atoms with Crippen LogP contribution < -0.4 is 0 Å². The molecule has 0 spiro atoms. The van der Waals surface area contributed by atoms with Gasteiger partial charge < -0.3 is 34.6 Å². The van der Waals surface area contributed by atoms with Crippen molar-refractivity contribution in [3.8, 4) is 0 Å². The third kappa shape index (κ3) is 23.8. The summed E-state index contributed by atoms with van der Waals surface area (Å²) in [6.45, 7) is 6.56. The highest BCUT2D eigenvalue weighted by Crippen LogP contribution is 2.35. The molecule has 0 aliphatic carbocycles. The molecule has 0 fully saturated rings. The Morgan fingerprint density at radius 1 is 0.852 bits per heavy atom. The van der Waals surface area contributed by atoms with E-state index in [-0.39, 0.29) is 26.4 Å². The molecule has 0 bridgehead atoms. The summed E-state index contributed by atoms with van der Waals surface area (Å²) >= 11 is 0. The lowest BCUT2D eigenvalue weighted by Crippen LogP contribution is -2.32. The summed E-state index contributed by atoms with van der Waals surface area (Å²) in [5.74, 6) is 0. The number of aliphatic hydroxyl groups excluding tert-OH is 3. The summed E-state index contributed by atoms with van der Waals surface area (Å²) in [4.78, 5) is 19.0. The average Bonchev–Trinajstić information content (AvgIpc) is 2.60. The fraction of sp³-hybridized carbons (Fsp3) is 1.00. The van der Waals surface area contributed by atoms with Crippen LogP contribution in [-0.2, 0) is 18.6 Å². The Morgan fingerprint density at radius 3 is 1.56 bits per heavy atom. The fourth-order valence-electron chi connectivity index (χ4n) is 1.78. The topological polar surface area (TPSA) is 149 Å². The standard InChI is InChI=1S/C10H23O6P.C6H15NO3/c1-3-5-7-14-10(15-8-6-4-2)9-16-17(11,12)13;8-4-1-7(2-5-9)3-6-10/h10H,3-9H2,1-2H3,(H2,11,12,13);8-10H,1-6H2. The van der Waals surface area contributed by atoms with Gasteiger partial charge in [-0.05, 0) is 12.8 Å². The zero-order chi connectivity index (χ0) is 21.0. The van der Waals surface area contributed by atoms with Crippen LogP contribution in [0, 0.1) is 0 Å². The highest BCUT2D eigenvalue weighted by Gasteiger charge is 2.18. The number of aliphatic hydroxyl groups is 3. The summed E-state index contributed by atoms with van der Waals surface area (Å²) in [5.41, 5.74) is 0. The van der Waals surface area contributed by atoms with Crippen LogP contribution in [0.2, 0.25) is 0 Å². The number of hydrogen-bond acceptors (Lipinski definition) is 8. The SMILES string of the molecule is CCCCOC(COP(=O)(O)O)OCCCC.OCCN(CCO)CCO. The molecule has 0 heterocycles. The monoisotopic (exact) mass is 419 g/mol. The molecule has 0 saturated heterocycles. The number of unbranched alkanes of at least 4 members (excludes halogenated alkanes) is 2. The third-order valence-electron chi connectivity index (χ3n) is 3.23. The van der Waals surface area contributed by atoms with Crippen molar-refractivity contribution in [2.45, 2.75) is 45.8 Å². The predicted molar refractivity (Wildman–Crippen MR) is 101 cm³/mol. The van der Waals surface area contributed by atoms with Gasteiger partial charge in [0.25, 0.3) is 0 Å². The van der Waals surface area contributed by atoms with Gasteiger partial charge in [0.05, 0.1) is 19.8 Å². The molecular formula is C16H38NO9P. The van der Waals surface area contributed by atoms with E-state index in [9.17, 15) is 4.57 Å². The van der Waals surface area contributed by atoms with Gasteiger partial charge in [0.2, 0.25) is 0 Å². The van der Waals surface area contributed by atoms with E-state index in [0.717, 1.165) is 25.7 Å². The molecule has 10 nitrogen and oxygen atoms in total. The predicted octanol–water partition coefficient (Wildman–Crippen LogP) is 0.321. The molecule has 11 heteroatoms. The van der Waals surface area contributed by atoms with Crippen molar-refractivity contribution in [2.75, 3.05) is 59.3 Å². The second kappa shape index (κ2) is 20.6. The first-order chi connectivity index (χ1) is 12.8. The first-order valence-corrected chi connectivity index (χ1v) is 10.9. The molecule has 0 saturated carbocycles. The molecule has 0 aromatic rings. The van der Waals surface area contributed by atoms with Crippen molar-refractivity contribution in [1.29, 1.82) is 0 Å². The Kier molecular flexibility index (Phi) is 22.2. The molecule has 166 valence electrons. The van der Waals surface area contributed by atoms with Crippen LogP contribution in [0.1, 0.15) is 39.5 Å². The first kappa shape index (κ1) is 29.1. The lowest BCUT2D eigenvalue weighted by molar-refractivity contribution is -0.161. The largest absolute Gasteiger partial charge is 0.469 e. The Hall–Kier alpha value is -0.130. The van der Waals surface area contributed by atoms with Gasteiger partial charge in [0.1, 0.15) is 6.61 Å². The van der Waals surface area contributed by atoms with E-state index in [1.807, 2.05) is 13.8 Å². The van der Waals surface area contributed by atoms with Gasteiger partial charge in [-0.2, -0.15) is 0 Å². The molecule has 0 amide bonds. The maximum absolute atomic E-state index is 10.6. The second-order valence-electron chi connectivity index (χ2n) is 5.68. The van der Waals surface area contributed by atoms with Crippen molar-refractivity contribution < 1.29 is 43.7 Å². The van der Waals surface area contributed by atoms with Gasteiger partial charge in [0, 0.05) is 32.8 Å². The molecule has 0 unspecified atom stereocenters. The number of phosphoric acid groups is 1. The molecule has 5 N–H and O–H groups in total. The normalized spacial score (nSPS) is 11.7. The van der Waals surface area contributed by atoms with Crippen LogP contribution in [-0.4, -0.2) is 95.6 Å². The van der Waals surface area contributed by atoms with Gasteiger partial charge >= 0.3 is 7.82 Å². The van der Waals surface area contributed by atoms with Crippen LogP contribution >= 0.6 is 7.82 Å². The Morgan fingerprint density at radius 2 is 1.26 bits per heavy atom. The van der Waals surface area contributed by atoms with Crippen LogP contribution in [0.5, 0.6) is 0 Å². The molecule has 0 aliphatic rings. The highest BCUT2D eigenvalue weighted by molar-refractivity contribution is 7.46. The van der Waals surface area contributed by atoms with Crippen molar-refractivity contribution in [2.24, 2.45) is 0 Å². The minimum atomic E-state index is -4.46. The van der Waals surface area contributed by atoms with E-state index in [0.29, 0.717) is 32.8 Å². The molecule has 0 rings (SSSR count). The molecule has 27 heavy (non-hydrogen) atoms. The number of ether oxygens (including phenoxy) is 2. The quantitative estimate of drug-likeness (QED) is 0.127. The number of phosphoric ester groups is 1. The van der Waals surface area contributed by atoms with E-state index >= 15 is 0 Å². The lowest BCUT2D eigenvalue weighted by atomic mass is 10.3. The van der Waals surface area contributed by atoms with Gasteiger partial charge in [-0.3, -0.25) is 9.42 Å². The minimum Gasteiger partial charge on any atom is -0.395 e. The summed E-state index contributed by atoms with van der Waals surface area (Å²) in [6, 6.07) is 0. The second-order valence-corrected chi connectivity index (χ2v) is 6.92. The Labute approximate surface area is 162 Å². The summed E-state index contributed by atoms with van der Waals surface area (Å²) in [6.07, 6.45) is 3.02. The van der Waals surface area contributed by atoms with Crippen LogP contribution in [0.25, 0.3) is 0 Å².